The summed E-state index contributed by atoms with van der Waals surface area (Å²) in [4.78, 5) is 18.8. The highest BCUT2D eigenvalue weighted by atomic mass is 32.1. The average Bonchev–Trinajstić information content (AvgIpc) is 2.47. The first-order valence-corrected chi connectivity index (χ1v) is 6.91. The van der Waals surface area contributed by atoms with Crippen molar-refractivity contribution >= 4 is 40.4 Å². The van der Waals surface area contributed by atoms with Gasteiger partial charge < -0.3 is 10.3 Å². The van der Waals surface area contributed by atoms with Crippen LogP contribution in [-0.2, 0) is 0 Å². The zero-order chi connectivity index (χ0) is 14.8. The van der Waals surface area contributed by atoms with E-state index < -0.39 is 0 Å². The third kappa shape index (κ3) is 2.83. The molecule has 0 unspecified atom stereocenters. The molecule has 104 valence electrons. The summed E-state index contributed by atoms with van der Waals surface area (Å²) < 4.78 is 0.416. The smallest absolute Gasteiger partial charge is 0.199 e. The summed E-state index contributed by atoms with van der Waals surface area (Å²) >= 11 is 5.15. The molecule has 0 saturated carbocycles. The second kappa shape index (κ2) is 5.46. The monoisotopic (exact) mass is 295 g/mol. The number of hydrogen-bond acceptors (Lipinski definition) is 4. The van der Waals surface area contributed by atoms with Gasteiger partial charge in [-0.3, -0.25) is 4.79 Å². The highest BCUT2D eigenvalue weighted by molar-refractivity contribution is 7.71. The van der Waals surface area contributed by atoms with Gasteiger partial charge in [0.15, 0.2) is 10.6 Å². The van der Waals surface area contributed by atoms with Gasteiger partial charge in [-0.15, -0.1) is 0 Å². The van der Waals surface area contributed by atoms with Gasteiger partial charge in [0.25, 0.3) is 0 Å². The van der Waals surface area contributed by atoms with Crippen molar-refractivity contribution in [3.8, 4) is 0 Å². The molecule has 21 heavy (non-hydrogen) atoms. The molecule has 0 aliphatic rings. The summed E-state index contributed by atoms with van der Waals surface area (Å²) in [6.45, 7) is 1.55. The van der Waals surface area contributed by atoms with Gasteiger partial charge in [0.2, 0.25) is 0 Å². The maximum atomic E-state index is 11.5. The van der Waals surface area contributed by atoms with Crippen molar-refractivity contribution in [3.05, 3.63) is 58.9 Å². The number of fused-ring (bicyclic) bond motifs is 1. The van der Waals surface area contributed by atoms with Gasteiger partial charge >= 0.3 is 0 Å². The van der Waals surface area contributed by atoms with E-state index in [4.69, 9.17) is 12.2 Å². The first kappa shape index (κ1) is 13.5. The van der Waals surface area contributed by atoms with Crippen LogP contribution >= 0.6 is 12.2 Å². The third-order valence-corrected chi connectivity index (χ3v) is 3.36. The van der Waals surface area contributed by atoms with Crippen LogP contribution in [0.2, 0.25) is 0 Å². The third-order valence-electron chi connectivity index (χ3n) is 3.17. The highest BCUT2D eigenvalue weighted by Crippen LogP contribution is 2.23. The molecule has 0 atom stereocenters. The van der Waals surface area contributed by atoms with Crippen molar-refractivity contribution < 1.29 is 4.79 Å². The van der Waals surface area contributed by atoms with Crippen LogP contribution in [0.25, 0.3) is 10.9 Å². The van der Waals surface area contributed by atoms with Gasteiger partial charge in [-0.25, -0.2) is 4.98 Å². The topological polar surface area (TPSA) is 57.8 Å². The molecule has 0 aliphatic heterocycles. The molecule has 1 aromatic heterocycles. The molecule has 4 nitrogen and oxygen atoms in total. The number of Topliss-reactive ketones (excluding diaryl/α,β-unsaturated/α-hetero) is 1. The van der Waals surface area contributed by atoms with Crippen LogP contribution < -0.4 is 5.32 Å². The van der Waals surface area contributed by atoms with Crippen molar-refractivity contribution in [2.45, 2.75) is 6.92 Å². The molecule has 0 fully saturated rings. The minimum absolute atomic E-state index is 0.0295. The van der Waals surface area contributed by atoms with Crippen LogP contribution in [0.3, 0.4) is 0 Å². The molecule has 0 aliphatic carbocycles. The number of anilines is 2. The number of rotatable bonds is 3. The largest absolute Gasteiger partial charge is 0.340 e. The molecule has 0 amide bonds. The van der Waals surface area contributed by atoms with Crippen LogP contribution in [0.5, 0.6) is 0 Å². The number of carbonyl (C=O) groups is 1. The molecule has 0 bridgehead atoms. The lowest BCUT2D eigenvalue weighted by molar-refractivity contribution is 0.101. The second-order valence-corrected chi connectivity index (χ2v) is 5.08. The number of H-pyrrole nitrogens is 1. The Morgan fingerprint density at radius 2 is 2.00 bits per heavy atom. The number of para-hydroxylation sites is 1. The number of nitrogens with zero attached hydrogens (tertiary/aromatic N) is 1. The van der Waals surface area contributed by atoms with E-state index in [-0.39, 0.29) is 5.78 Å². The lowest BCUT2D eigenvalue weighted by atomic mass is 10.1. The predicted molar refractivity (Wildman–Crippen MR) is 86.7 cm³/mol. The molecule has 3 rings (SSSR count). The zero-order valence-corrected chi connectivity index (χ0v) is 12.2. The van der Waals surface area contributed by atoms with Crippen LogP contribution in [0.1, 0.15) is 17.3 Å². The van der Waals surface area contributed by atoms with E-state index >= 15 is 0 Å². The van der Waals surface area contributed by atoms with Gasteiger partial charge in [-0.05, 0) is 43.4 Å². The van der Waals surface area contributed by atoms with E-state index in [1.165, 1.54) is 0 Å². The van der Waals surface area contributed by atoms with Crippen LogP contribution in [0.15, 0.2) is 48.5 Å². The summed E-state index contributed by atoms with van der Waals surface area (Å²) in [7, 11) is 0. The van der Waals surface area contributed by atoms with Gasteiger partial charge in [-0.2, -0.15) is 0 Å². The van der Waals surface area contributed by atoms with E-state index in [2.05, 4.69) is 15.3 Å². The molecule has 5 heteroatoms. The van der Waals surface area contributed by atoms with Crippen molar-refractivity contribution in [2.75, 3.05) is 5.32 Å². The summed E-state index contributed by atoms with van der Waals surface area (Å²) in [5.41, 5.74) is 2.38. The minimum Gasteiger partial charge on any atom is -0.340 e. The molecular weight excluding hydrogens is 282 g/mol. The van der Waals surface area contributed by atoms with E-state index in [9.17, 15) is 4.79 Å². The maximum Gasteiger partial charge on any atom is 0.199 e. The fourth-order valence-corrected chi connectivity index (χ4v) is 2.35. The molecule has 0 spiro atoms. The van der Waals surface area contributed by atoms with E-state index in [0.717, 1.165) is 16.6 Å². The van der Waals surface area contributed by atoms with Crippen LogP contribution in [0.4, 0.5) is 11.5 Å². The number of nitrogens with one attached hydrogen (secondary N) is 2. The Morgan fingerprint density at radius 1 is 1.19 bits per heavy atom. The SMILES string of the molecule is CC(=O)c1cccc(Nc2nc(=S)[nH]c3ccccc23)c1. The standard InChI is InChI=1S/C16H13N3OS/c1-10(20)11-5-4-6-12(9-11)17-15-13-7-2-3-8-14(13)18-16(21)19-15/h2-9H,1H3,(H2,17,18,19,21). The van der Waals surface area contributed by atoms with Crippen LogP contribution in [0, 0.1) is 4.77 Å². The van der Waals surface area contributed by atoms with Crippen molar-refractivity contribution in [1.82, 2.24) is 9.97 Å². The molecule has 0 radical (unpaired) electrons. The number of benzene rings is 2. The van der Waals surface area contributed by atoms with Gasteiger partial charge in [0.05, 0.1) is 5.52 Å². The molecule has 3 aromatic rings. The highest BCUT2D eigenvalue weighted by Gasteiger charge is 2.05. The van der Waals surface area contributed by atoms with Crippen molar-refractivity contribution in [1.29, 1.82) is 0 Å². The Kier molecular flexibility index (Phi) is 3.50. The second-order valence-electron chi connectivity index (χ2n) is 4.70. The molecule has 2 aromatic carbocycles. The fraction of sp³-hybridized carbons (Fsp3) is 0.0625. The lowest BCUT2D eigenvalue weighted by Gasteiger charge is -2.09. The molecule has 1 heterocycles. The minimum atomic E-state index is 0.0295. The Bertz CT molecular complexity index is 886. The number of aromatic nitrogens is 2. The van der Waals surface area contributed by atoms with Crippen LogP contribution in [-0.4, -0.2) is 15.8 Å². The van der Waals surface area contributed by atoms with Gasteiger partial charge in [-0.1, -0.05) is 24.3 Å². The van der Waals surface area contributed by atoms with E-state index in [0.29, 0.717) is 16.2 Å². The first-order chi connectivity index (χ1) is 10.1. The summed E-state index contributed by atoms with van der Waals surface area (Å²) in [6, 6.07) is 15.1. The zero-order valence-electron chi connectivity index (χ0n) is 11.4. The number of hydrogen-bond donors (Lipinski definition) is 2. The maximum absolute atomic E-state index is 11.5. The quantitative estimate of drug-likeness (QED) is 0.560. The van der Waals surface area contributed by atoms with Crippen molar-refractivity contribution in [3.63, 3.8) is 0 Å². The number of ketones is 1. The summed E-state index contributed by atoms with van der Waals surface area (Å²) in [6.07, 6.45) is 0. The summed E-state index contributed by atoms with van der Waals surface area (Å²) in [5, 5.41) is 4.18. The summed E-state index contributed by atoms with van der Waals surface area (Å²) in [5.74, 6) is 0.705. The molecule has 0 saturated heterocycles. The van der Waals surface area contributed by atoms with E-state index in [1.807, 2.05) is 36.4 Å². The van der Waals surface area contributed by atoms with Gasteiger partial charge in [0.1, 0.15) is 5.82 Å². The Morgan fingerprint density at radius 3 is 2.81 bits per heavy atom. The Labute approximate surface area is 126 Å². The van der Waals surface area contributed by atoms with Gasteiger partial charge in [0, 0.05) is 16.6 Å². The number of carbonyl (C=O) groups excluding carboxylic acids is 1. The first-order valence-electron chi connectivity index (χ1n) is 6.50. The Balaban J connectivity index is 2.08. The normalized spacial score (nSPS) is 10.5. The number of aromatic amines is 1. The molecular formula is C16H13N3OS. The van der Waals surface area contributed by atoms with Crippen molar-refractivity contribution in [2.24, 2.45) is 0 Å². The average molecular weight is 295 g/mol. The predicted octanol–water partition coefficient (Wildman–Crippen LogP) is 4.24. The lowest BCUT2D eigenvalue weighted by Crippen LogP contribution is -1.99. The fourth-order valence-electron chi connectivity index (χ4n) is 2.15. The Hall–Kier alpha value is -2.53. The van der Waals surface area contributed by atoms with E-state index in [1.54, 1.807) is 19.1 Å². The molecule has 2 N–H and O–H groups in total.